The molecule has 2 aliphatic heterocycles. The van der Waals surface area contributed by atoms with Gasteiger partial charge in [0.1, 0.15) is 54.9 Å². The van der Waals surface area contributed by atoms with Crippen LogP contribution >= 0.6 is 0 Å². The van der Waals surface area contributed by atoms with E-state index in [2.05, 4.69) is 38.2 Å². The topological polar surface area (TPSA) is 214 Å². The maximum atomic E-state index is 13.0. The van der Waals surface area contributed by atoms with Crippen LogP contribution in [0.2, 0.25) is 0 Å². The SMILES string of the molecule is CCCCCC/C=C\CCCCCCCC(=O)OC(COCCCCCCCCCCCCCC/C=C\CCCCCCCCCC)COC1OC(COC2OC(CO)C(O)C(O)C2O)C(O)C(O)C1O. The second kappa shape index (κ2) is 44.7. The van der Waals surface area contributed by atoms with Crippen molar-refractivity contribution in [3.63, 3.8) is 0 Å². The Morgan fingerprint density at radius 2 is 0.831 bits per heavy atom. The Kier molecular flexibility index (Phi) is 41.3. The summed E-state index contributed by atoms with van der Waals surface area (Å²) in [5.41, 5.74) is 0. The molecule has 14 nitrogen and oxygen atoms in total. The lowest BCUT2D eigenvalue weighted by molar-refractivity contribution is -0.332. The molecule has 0 aromatic carbocycles. The molecule has 0 aliphatic carbocycles. The van der Waals surface area contributed by atoms with Crippen molar-refractivity contribution in [2.24, 2.45) is 0 Å². The largest absolute Gasteiger partial charge is 0.457 e. The van der Waals surface area contributed by atoms with E-state index in [-0.39, 0.29) is 25.6 Å². The van der Waals surface area contributed by atoms with Crippen molar-refractivity contribution in [3.05, 3.63) is 24.3 Å². The second-order valence-corrected chi connectivity index (χ2v) is 20.5. The lowest BCUT2D eigenvalue weighted by Gasteiger charge is -2.42. The number of allylic oxidation sites excluding steroid dienone is 4. The van der Waals surface area contributed by atoms with E-state index in [1.807, 2.05) is 0 Å². The van der Waals surface area contributed by atoms with Crippen molar-refractivity contribution in [1.29, 1.82) is 0 Å². The molecular weight excluding hydrogens is 909 g/mol. The molecule has 14 heteroatoms. The number of carbonyl (C=O) groups excluding carboxylic acids is 1. The lowest BCUT2D eigenvalue weighted by Crippen LogP contribution is -2.61. The third-order valence-electron chi connectivity index (χ3n) is 13.9. The van der Waals surface area contributed by atoms with E-state index in [1.54, 1.807) is 0 Å². The first-order valence-electron chi connectivity index (χ1n) is 28.9. The summed E-state index contributed by atoms with van der Waals surface area (Å²) >= 11 is 0. The van der Waals surface area contributed by atoms with Crippen LogP contribution in [-0.4, -0.2) is 142 Å². The van der Waals surface area contributed by atoms with Crippen molar-refractivity contribution in [3.8, 4) is 0 Å². The van der Waals surface area contributed by atoms with Crippen LogP contribution in [0.25, 0.3) is 0 Å². The van der Waals surface area contributed by atoms with E-state index in [4.69, 9.17) is 28.4 Å². The number of carbonyl (C=O) groups is 1. The van der Waals surface area contributed by atoms with Crippen LogP contribution in [0.4, 0.5) is 0 Å². The van der Waals surface area contributed by atoms with Gasteiger partial charge in [-0.3, -0.25) is 4.79 Å². The standard InChI is InChI=1S/C57H106O14/c1-3-5-7-9-11-13-15-17-18-19-20-21-22-23-24-25-26-27-29-31-33-35-37-39-41-66-43-46(69-49(59)40-38-36-34-32-30-28-16-14-12-10-8-6-4-2)44-67-56-55(65)53(63)51(61)48(71-56)45-68-57-54(64)52(62)50(60)47(42-58)70-57/h14,16,19-20,46-48,50-58,60-65H,3-13,15,17-18,21-45H2,1-2H3/b16-14-,20-19-. The zero-order valence-electron chi connectivity index (χ0n) is 44.7. The van der Waals surface area contributed by atoms with Crippen molar-refractivity contribution in [2.45, 2.75) is 300 Å². The first kappa shape index (κ1) is 65.6. The van der Waals surface area contributed by atoms with Gasteiger partial charge >= 0.3 is 5.97 Å². The highest BCUT2D eigenvalue weighted by Crippen LogP contribution is 2.27. The van der Waals surface area contributed by atoms with E-state index in [0.29, 0.717) is 13.0 Å². The normalized spacial score (nSPS) is 25.4. The Morgan fingerprint density at radius 3 is 1.30 bits per heavy atom. The summed E-state index contributed by atoms with van der Waals surface area (Å²) in [4.78, 5) is 13.0. The number of aliphatic hydroxyl groups excluding tert-OH is 7. The molecule has 0 amide bonds. The quantitative estimate of drug-likeness (QED) is 0.0172. The number of esters is 1. The first-order chi connectivity index (χ1) is 34.6. The van der Waals surface area contributed by atoms with Crippen LogP contribution in [-0.2, 0) is 33.2 Å². The monoisotopic (exact) mass is 1010 g/mol. The predicted molar refractivity (Wildman–Crippen MR) is 280 cm³/mol. The molecule has 0 radical (unpaired) electrons. The molecule has 2 aliphatic rings. The van der Waals surface area contributed by atoms with E-state index < -0.39 is 80.7 Å². The molecule has 2 rings (SSSR count). The van der Waals surface area contributed by atoms with Crippen molar-refractivity contribution >= 4 is 5.97 Å². The van der Waals surface area contributed by atoms with Gasteiger partial charge in [-0.05, 0) is 64.2 Å². The molecule has 2 heterocycles. The van der Waals surface area contributed by atoms with E-state index in [9.17, 15) is 40.5 Å². The number of hydrogen-bond donors (Lipinski definition) is 7. The van der Waals surface area contributed by atoms with Gasteiger partial charge in [0.05, 0.1) is 26.4 Å². The maximum Gasteiger partial charge on any atom is 0.306 e. The summed E-state index contributed by atoms with van der Waals surface area (Å²) in [5.74, 6) is -0.383. The van der Waals surface area contributed by atoms with Crippen LogP contribution in [0, 0.1) is 0 Å². The third kappa shape index (κ3) is 31.8. The van der Waals surface area contributed by atoms with Gasteiger partial charge in [0.15, 0.2) is 12.6 Å². The lowest BCUT2D eigenvalue weighted by atomic mass is 9.98. The molecule has 418 valence electrons. The number of aliphatic hydroxyl groups is 7. The summed E-state index contributed by atoms with van der Waals surface area (Å²) in [6.45, 7) is 3.69. The average Bonchev–Trinajstić information content (AvgIpc) is 3.37. The van der Waals surface area contributed by atoms with Gasteiger partial charge in [0, 0.05) is 13.0 Å². The van der Waals surface area contributed by atoms with Crippen molar-refractivity contribution < 1.29 is 69.0 Å². The van der Waals surface area contributed by atoms with Gasteiger partial charge in [0.2, 0.25) is 0 Å². The van der Waals surface area contributed by atoms with Gasteiger partial charge in [-0.25, -0.2) is 0 Å². The zero-order chi connectivity index (χ0) is 51.6. The molecule has 0 bridgehead atoms. The van der Waals surface area contributed by atoms with Crippen LogP contribution in [0.3, 0.4) is 0 Å². The Morgan fingerprint density at radius 1 is 0.451 bits per heavy atom. The maximum absolute atomic E-state index is 13.0. The fourth-order valence-electron chi connectivity index (χ4n) is 9.22. The number of hydrogen-bond acceptors (Lipinski definition) is 14. The Balaban J connectivity index is 1.68. The van der Waals surface area contributed by atoms with Gasteiger partial charge in [-0.1, -0.05) is 186 Å². The highest BCUT2D eigenvalue weighted by atomic mass is 16.7. The molecule has 0 spiro atoms. The third-order valence-corrected chi connectivity index (χ3v) is 13.9. The van der Waals surface area contributed by atoms with E-state index in [0.717, 1.165) is 57.8 Å². The van der Waals surface area contributed by atoms with Crippen LogP contribution in [0.5, 0.6) is 0 Å². The summed E-state index contributed by atoms with van der Waals surface area (Å²) in [7, 11) is 0. The molecule has 2 fully saturated rings. The Bertz CT molecular complexity index is 1270. The van der Waals surface area contributed by atoms with Gasteiger partial charge in [0.25, 0.3) is 0 Å². The van der Waals surface area contributed by atoms with Crippen LogP contribution < -0.4 is 0 Å². The second-order valence-electron chi connectivity index (χ2n) is 20.5. The fraction of sp³-hybridized carbons (Fsp3) is 0.912. The summed E-state index contributed by atoms with van der Waals surface area (Å²) < 4.78 is 34.4. The highest BCUT2D eigenvalue weighted by Gasteiger charge is 2.47. The van der Waals surface area contributed by atoms with Gasteiger partial charge < -0.3 is 64.2 Å². The molecule has 0 saturated carbocycles. The van der Waals surface area contributed by atoms with Gasteiger partial charge in [-0.15, -0.1) is 0 Å². The van der Waals surface area contributed by atoms with Crippen molar-refractivity contribution in [1.82, 2.24) is 0 Å². The summed E-state index contributed by atoms with van der Waals surface area (Å²) in [6.07, 6.45) is 33.9. The Hall–Kier alpha value is -1.53. The van der Waals surface area contributed by atoms with E-state index in [1.165, 1.54) is 148 Å². The Labute approximate surface area is 430 Å². The minimum Gasteiger partial charge on any atom is -0.457 e. The summed E-state index contributed by atoms with van der Waals surface area (Å²) in [6, 6.07) is 0. The molecule has 0 aromatic heterocycles. The smallest absolute Gasteiger partial charge is 0.306 e. The number of unbranched alkanes of at least 4 members (excludes halogenated alkanes) is 29. The first-order valence-corrected chi connectivity index (χ1v) is 28.9. The van der Waals surface area contributed by atoms with Crippen LogP contribution in [0.1, 0.15) is 232 Å². The van der Waals surface area contributed by atoms with Gasteiger partial charge in [-0.2, -0.15) is 0 Å². The number of ether oxygens (including phenoxy) is 6. The van der Waals surface area contributed by atoms with Crippen LogP contribution in [0.15, 0.2) is 24.3 Å². The minimum atomic E-state index is -1.71. The predicted octanol–water partition coefficient (Wildman–Crippen LogP) is 9.97. The average molecular weight is 1020 g/mol. The molecule has 11 atom stereocenters. The van der Waals surface area contributed by atoms with E-state index >= 15 is 0 Å². The fourth-order valence-corrected chi connectivity index (χ4v) is 9.22. The zero-order valence-corrected chi connectivity index (χ0v) is 44.7. The molecule has 7 N–H and O–H groups in total. The molecular formula is C57H106O14. The molecule has 0 aromatic rings. The number of rotatable bonds is 47. The molecule has 11 unspecified atom stereocenters. The summed E-state index contributed by atoms with van der Waals surface area (Å²) in [5, 5.41) is 72.2. The minimum absolute atomic E-state index is 0.0611. The molecule has 2 saturated heterocycles. The van der Waals surface area contributed by atoms with Crippen molar-refractivity contribution in [2.75, 3.05) is 33.0 Å². The highest BCUT2D eigenvalue weighted by molar-refractivity contribution is 5.69. The molecule has 71 heavy (non-hydrogen) atoms.